The van der Waals surface area contributed by atoms with Gasteiger partial charge in [-0.1, -0.05) is 0 Å². The van der Waals surface area contributed by atoms with E-state index in [1.807, 2.05) is 20.8 Å². The van der Waals surface area contributed by atoms with Gasteiger partial charge in [0, 0.05) is 29.3 Å². The molecule has 1 aliphatic carbocycles. The average molecular weight is 244 g/mol. The molecule has 1 saturated carbocycles. The molecule has 0 radical (unpaired) electrons. The van der Waals surface area contributed by atoms with E-state index in [0.29, 0.717) is 25.7 Å². The summed E-state index contributed by atoms with van der Waals surface area (Å²) >= 11 is 0. The maximum Gasteiger partial charge on any atom is 0.407 e. The molecular formula is C11H20N2O4. The molecule has 1 amide bonds. The Morgan fingerprint density at radius 1 is 1.29 bits per heavy atom. The smallest absolute Gasteiger partial charge is 0.407 e. The summed E-state index contributed by atoms with van der Waals surface area (Å²) in [6.07, 6.45) is 1.15. The van der Waals surface area contributed by atoms with Gasteiger partial charge in [-0.05, 0) is 33.6 Å². The quantitative estimate of drug-likeness (QED) is 0.597. The first kappa shape index (κ1) is 13.7. The monoisotopic (exact) mass is 244 g/mol. The van der Waals surface area contributed by atoms with Crippen LogP contribution in [-0.4, -0.2) is 38.6 Å². The Labute approximate surface area is 101 Å². The minimum Gasteiger partial charge on any atom is -0.465 e. The number of hydrogen-bond acceptors (Lipinski definition) is 3. The van der Waals surface area contributed by atoms with Gasteiger partial charge in [0.15, 0.2) is 0 Å². The molecule has 1 fully saturated rings. The van der Waals surface area contributed by atoms with Crippen LogP contribution in [-0.2, 0) is 0 Å². The number of rotatable bonds is 2. The lowest BCUT2D eigenvalue weighted by Crippen LogP contribution is -2.52. The Morgan fingerprint density at radius 3 is 2.06 bits per heavy atom. The van der Waals surface area contributed by atoms with Crippen molar-refractivity contribution < 1.29 is 14.8 Å². The normalized spacial score (nSPS) is 25.4. The zero-order valence-electron chi connectivity index (χ0n) is 10.5. The van der Waals surface area contributed by atoms with Crippen LogP contribution in [0.5, 0.6) is 0 Å². The van der Waals surface area contributed by atoms with E-state index in [4.69, 9.17) is 0 Å². The second-order valence-electron chi connectivity index (χ2n) is 5.57. The fraction of sp³-hybridized carbons (Fsp3) is 0.909. The molecule has 98 valence electrons. The number of carboxylic acid groups (broad SMARTS) is 1. The second kappa shape index (κ2) is 4.89. The largest absolute Gasteiger partial charge is 0.465 e. The lowest BCUT2D eigenvalue weighted by atomic mass is 9.88. The number of nitrogens with zero attached hydrogens (tertiary/aromatic N) is 2. The molecule has 0 aliphatic heterocycles. The average Bonchev–Trinajstić information content (AvgIpc) is 2.15. The minimum atomic E-state index is -0.943. The summed E-state index contributed by atoms with van der Waals surface area (Å²) in [4.78, 5) is 23.1. The van der Waals surface area contributed by atoms with Gasteiger partial charge in [0.2, 0.25) is 6.04 Å². The van der Waals surface area contributed by atoms with Gasteiger partial charge >= 0.3 is 6.09 Å². The van der Waals surface area contributed by atoms with Crippen molar-refractivity contribution in [2.75, 3.05) is 0 Å². The van der Waals surface area contributed by atoms with E-state index < -0.39 is 17.7 Å². The fourth-order valence-corrected chi connectivity index (χ4v) is 2.52. The molecule has 6 nitrogen and oxygen atoms in total. The first-order valence-corrected chi connectivity index (χ1v) is 5.89. The Kier molecular flexibility index (Phi) is 3.95. The molecule has 1 rings (SSSR count). The Balaban J connectivity index is 2.68. The van der Waals surface area contributed by atoms with Gasteiger partial charge in [0.25, 0.3) is 0 Å². The third kappa shape index (κ3) is 3.31. The van der Waals surface area contributed by atoms with Crippen LogP contribution in [0.15, 0.2) is 0 Å². The van der Waals surface area contributed by atoms with E-state index in [0.717, 1.165) is 0 Å². The van der Waals surface area contributed by atoms with Crippen LogP contribution >= 0.6 is 0 Å². The van der Waals surface area contributed by atoms with Crippen LogP contribution in [0.25, 0.3) is 0 Å². The van der Waals surface area contributed by atoms with Crippen LogP contribution in [0.2, 0.25) is 0 Å². The van der Waals surface area contributed by atoms with Gasteiger partial charge in [-0.25, -0.2) is 4.79 Å². The molecular weight excluding hydrogens is 224 g/mol. The lowest BCUT2D eigenvalue weighted by molar-refractivity contribution is -0.526. The summed E-state index contributed by atoms with van der Waals surface area (Å²) in [6.45, 7) is 5.54. The van der Waals surface area contributed by atoms with Crippen molar-refractivity contribution in [3.63, 3.8) is 0 Å². The molecule has 0 aromatic carbocycles. The summed E-state index contributed by atoms with van der Waals surface area (Å²) in [5.41, 5.74) is -0.460. The fourth-order valence-electron chi connectivity index (χ4n) is 2.52. The van der Waals surface area contributed by atoms with Gasteiger partial charge in [-0.2, -0.15) is 0 Å². The Morgan fingerprint density at radius 2 is 1.76 bits per heavy atom. The minimum absolute atomic E-state index is 0.0938. The molecule has 6 heteroatoms. The lowest BCUT2D eigenvalue weighted by Gasteiger charge is -2.41. The van der Waals surface area contributed by atoms with Crippen LogP contribution in [0.1, 0.15) is 46.5 Å². The summed E-state index contributed by atoms with van der Waals surface area (Å²) in [6, 6.07) is -0.592. The van der Waals surface area contributed by atoms with Crippen LogP contribution in [0, 0.1) is 10.1 Å². The van der Waals surface area contributed by atoms with E-state index in [1.54, 1.807) is 0 Å². The van der Waals surface area contributed by atoms with Crippen molar-refractivity contribution in [3.8, 4) is 0 Å². The van der Waals surface area contributed by atoms with Crippen molar-refractivity contribution in [2.24, 2.45) is 0 Å². The SMILES string of the molecule is CC(C)(C)N(C(=O)O)[C@H]1CC[C@H]([N+](=O)[O-])CC1. The molecule has 0 unspecified atom stereocenters. The number of amides is 1. The summed E-state index contributed by atoms with van der Waals surface area (Å²) in [7, 11) is 0. The molecule has 0 atom stereocenters. The van der Waals surface area contributed by atoms with E-state index in [1.165, 1.54) is 4.90 Å². The summed E-state index contributed by atoms with van der Waals surface area (Å²) in [5.74, 6) is 0. The molecule has 0 aromatic rings. The van der Waals surface area contributed by atoms with Crippen molar-refractivity contribution in [2.45, 2.75) is 64.1 Å². The molecule has 0 bridgehead atoms. The zero-order valence-corrected chi connectivity index (χ0v) is 10.5. The van der Waals surface area contributed by atoms with Crippen molar-refractivity contribution in [3.05, 3.63) is 10.1 Å². The summed E-state index contributed by atoms with van der Waals surface area (Å²) < 4.78 is 0. The Bertz CT molecular complexity index is 303. The predicted octanol–water partition coefficient (Wildman–Crippen LogP) is 2.35. The number of nitro groups is 1. The molecule has 0 spiro atoms. The number of hydrogen-bond donors (Lipinski definition) is 1. The predicted molar refractivity (Wildman–Crippen MR) is 62.7 cm³/mol. The second-order valence-corrected chi connectivity index (χ2v) is 5.57. The maximum absolute atomic E-state index is 11.3. The van der Waals surface area contributed by atoms with E-state index in [2.05, 4.69) is 0 Å². The summed E-state index contributed by atoms with van der Waals surface area (Å²) in [5, 5.41) is 19.9. The van der Waals surface area contributed by atoms with Crippen LogP contribution < -0.4 is 0 Å². The van der Waals surface area contributed by atoms with Gasteiger partial charge < -0.3 is 10.0 Å². The standard InChI is InChI=1S/C11H20N2O4/c1-11(2,3)12(10(14)15)8-4-6-9(7-5-8)13(16)17/h8-9H,4-7H2,1-3H3,(H,14,15)/t8-,9-. The molecule has 0 saturated heterocycles. The topological polar surface area (TPSA) is 83.7 Å². The maximum atomic E-state index is 11.3. The van der Waals surface area contributed by atoms with Gasteiger partial charge in [0.1, 0.15) is 0 Å². The van der Waals surface area contributed by atoms with Crippen molar-refractivity contribution in [1.29, 1.82) is 0 Å². The highest BCUT2D eigenvalue weighted by atomic mass is 16.6. The highest BCUT2D eigenvalue weighted by Crippen LogP contribution is 2.29. The van der Waals surface area contributed by atoms with Crippen LogP contribution in [0.3, 0.4) is 0 Å². The first-order valence-electron chi connectivity index (χ1n) is 5.89. The van der Waals surface area contributed by atoms with Crippen LogP contribution in [0.4, 0.5) is 4.79 Å². The third-order valence-electron chi connectivity index (χ3n) is 3.26. The van der Waals surface area contributed by atoms with Gasteiger partial charge in [-0.3, -0.25) is 10.1 Å². The van der Waals surface area contributed by atoms with Crippen molar-refractivity contribution in [1.82, 2.24) is 4.90 Å². The van der Waals surface area contributed by atoms with E-state index in [9.17, 15) is 20.0 Å². The molecule has 0 aromatic heterocycles. The molecule has 1 aliphatic rings. The number of carbonyl (C=O) groups is 1. The molecule has 1 N–H and O–H groups in total. The Hall–Kier alpha value is -1.33. The van der Waals surface area contributed by atoms with Crippen molar-refractivity contribution >= 4 is 6.09 Å². The van der Waals surface area contributed by atoms with E-state index >= 15 is 0 Å². The third-order valence-corrected chi connectivity index (χ3v) is 3.26. The molecule has 0 heterocycles. The highest BCUT2D eigenvalue weighted by molar-refractivity contribution is 5.66. The highest BCUT2D eigenvalue weighted by Gasteiger charge is 2.38. The van der Waals surface area contributed by atoms with Gasteiger partial charge in [0.05, 0.1) is 0 Å². The van der Waals surface area contributed by atoms with E-state index in [-0.39, 0.29) is 11.0 Å². The molecule has 17 heavy (non-hydrogen) atoms. The zero-order chi connectivity index (χ0) is 13.2. The van der Waals surface area contributed by atoms with Gasteiger partial charge in [-0.15, -0.1) is 0 Å². The first-order chi connectivity index (χ1) is 7.73.